The molecule has 112 valence electrons. The molecule has 0 amide bonds. The van der Waals surface area contributed by atoms with Crippen LogP contribution < -0.4 is 10.5 Å². The molecule has 1 aromatic carbocycles. The standard InChI is InChI=1S/C15H14F3NOS/c16-15(17,18)20-11-5-1-4-10(7-11)14(19)13-8-9-3-2-6-12(9)21-13/h1,4-5,7-8,14H,2-3,6,19H2. The van der Waals surface area contributed by atoms with Crippen molar-refractivity contribution in [3.05, 3.63) is 51.2 Å². The lowest BCUT2D eigenvalue weighted by Gasteiger charge is -2.13. The Kier molecular flexibility index (Phi) is 3.67. The highest BCUT2D eigenvalue weighted by molar-refractivity contribution is 7.12. The van der Waals surface area contributed by atoms with Crippen molar-refractivity contribution in [2.75, 3.05) is 0 Å². The highest BCUT2D eigenvalue weighted by Gasteiger charge is 2.31. The highest BCUT2D eigenvalue weighted by Crippen LogP contribution is 2.36. The number of benzene rings is 1. The molecule has 0 saturated heterocycles. The Morgan fingerprint density at radius 3 is 2.71 bits per heavy atom. The SMILES string of the molecule is NC(c1cccc(OC(F)(F)F)c1)c1cc2c(s1)CCC2. The summed E-state index contributed by atoms with van der Waals surface area (Å²) in [7, 11) is 0. The fourth-order valence-corrected chi connectivity index (χ4v) is 3.86. The van der Waals surface area contributed by atoms with Crippen molar-refractivity contribution in [3.8, 4) is 5.75 Å². The molecule has 0 spiro atoms. The molecule has 0 fully saturated rings. The van der Waals surface area contributed by atoms with Gasteiger partial charge in [0.25, 0.3) is 0 Å². The third-order valence-corrected chi connectivity index (χ3v) is 4.84. The van der Waals surface area contributed by atoms with Gasteiger partial charge in [-0.15, -0.1) is 24.5 Å². The maximum Gasteiger partial charge on any atom is 0.573 e. The van der Waals surface area contributed by atoms with Crippen molar-refractivity contribution in [3.63, 3.8) is 0 Å². The smallest absolute Gasteiger partial charge is 0.406 e. The molecule has 3 rings (SSSR count). The average Bonchev–Trinajstić information content (AvgIpc) is 2.96. The summed E-state index contributed by atoms with van der Waals surface area (Å²) in [6.07, 6.45) is -1.38. The first-order chi connectivity index (χ1) is 9.92. The molecule has 2 N–H and O–H groups in total. The van der Waals surface area contributed by atoms with Crippen LogP contribution in [-0.2, 0) is 12.8 Å². The van der Waals surface area contributed by atoms with E-state index in [0.29, 0.717) is 5.56 Å². The fraction of sp³-hybridized carbons (Fsp3) is 0.333. The third-order valence-electron chi connectivity index (χ3n) is 3.52. The first-order valence-corrected chi connectivity index (χ1v) is 7.47. The first-order valence-electron chi connectivity index (χ1n) is 6.65. The molecule has 1 aliphatic carbocycles. The lowest BCUT2D eigenvalue weighted by molar-refractivity contribution is -0.274. The number of thiophene rings is 1. The van der Waals surface area contributed by atoms with E-state index in [1.165, 1.54) is 35.1 Å². The van der Waals surface area contributed by atoms with Crippen LogP contribution in [0, 0.1) is 0 Å². The predicted molar refractivity (Wildman–Crippen MR) is 75.5 cm³/mol. The predicted octanol–water partition coefficient (Wildman–Crippen LogP) is 4.18. The molecular weight excluding hydrogens is 299 g/mol. The average molecular weight is 313 g/mol. The zero-order chi connectivity index (χ0) is 15.0. The summed E-state index contributed by atoms with van der Waals surface area (Å²) in [5.41, 5.74) is 8.13. The summed E-state index contributed by atoms with van der Waals surface area (Å²) < 4.78 is 40.7. The monoisotopic (exact) mass is 313 g/mol. The molecule has 0 bridgehead atoms. The largest absolute Gasteiger partial charge is 0.573 e. The van der Waals surface area contributed by atoms with Gasteiger partial charge in [-0.05, 0) is 48.6 Å². The van der Waals surface area contributed by atoms with E-state index in [1.807, 2.05) is 0 Å². The Bertz CT molecular complexity index is 629. The molecule has 0 radical (unpaired) electrons. The van der Waals surface area contributed by atoms with Crippen LogP contribution in [0.4, 0.5) is 13.2 Å². The number of alkyl halides is 3. The maximum atomic E-state index is 12.3. The first kappa shape index (κ1) is 14.4. The van der Waals surface area contributed by atoms with Gasteiger partial charge in [-0.25, -0.2) is 0 Å². The zero-order valence-electron chi connectivity index (χ0n) is 11.1. The van der Waals surface area contributed by atoms with Crippen LogP contribution in [0.5, 0.6) is 5.75 Å². The molecule has 0 saturated carbocycles. The minimum absolute atomic E-state index is 0.237. The van der Waals surface area contributed by atoms with Crippen molar-refractivity contribution >= 4 is 11.3 Å². The van der Waals surface area contributed by atoms with Gasteiger partial charge in [-0.3, -0.25) is 0 Å². The van der Waals surface area contributed by atoms with E-state index in [0.717, 1.165) is 17.7 Å². The van der Waals surface area contributed by atoms with Crippen LogP contribution in [0.3, 0.4) is 0 Å². The summed E-state index contributed by atoms with van der Waals surface area (Å²) in [5.74, 6) is -0.237. The Labute approximate surface area is 124 Å². The second kappa shape index (κ2) is 5.35. The molecule has 1 heterocycles. The molecule has 0 aliphatic heterocycles. The fourth-order valence-electron chi connectivity index (χ4n) is 2.57. The van der Waals surface area contributed by atoms with E-state index in [9.17, 15) is 13.2 Å². The second-order valence-corrected chi connectivity index (χ2v) is 6.22. The Balaban J connectivity index is 1.83. The lowest BCUT2D eigenvalue weighted by Crippen LogP contribution is -2.17. The Morgan fingerprint density at radius 2 is 2.00 bits per heavy atom. The van der Waals surface area contributed by atoms with Crippen molar-refractivity contribution in [2.45, 2.75) is 31.7 Å². The van der Waals surface area contributed by atoms with Gasteiger partial charge < -0.3 is 10.5 Å². The van der Waals surface area contributed by atoms with Gasteiger partial charge in [-0.1, -0.05) is 12.1 Å². The summed E-state index contributed by atoms with van der Waals surface area (Å²) in [6, 6.07) is 7.53. The van der Waals surface area contributed by atoms with Gasteiger partial charge in [0.1, 0.15) is 5.75 Å². The quantitative estimate of drug-likeness (QED) is 0.922. The van der Waals surface area contributed by atoms with Gasteiger partial charge in [0.2, 0.25) is 0 Å². The van der Waals surface area contributed by atoms with Crippen molar-refractivity contribution in [1.82, 2.24) is 0 Å². The molecule has 1 unspecified atom stereocenters. The third kappa shape index (κ3) is 3.22. The minimum atomic E-state index is -4.69. The van der Waals surface area contributed by atoms with Crippen LogP contribution >= 0.6 is 11.3 Å². The molecule has 1 atom stereocenters. The Hall–Kier alpha value is -1.53. The van der Waals surface area contributed by atoms with Crippen molar-refractivity contribution < 1.29 is 17.9 Å². The number of halogens is 3. The molecule has 2 aromatic rings. The van der Waals surface area contributed by atoms with Gasteiger partial charge >= 0.3 is 6.36 Å². The van der Waals surface area contributed by atoms with Gasteiger partial charge in [0, 0.05) is 9.75 Å². The highest BCUT2D eigenvalue weighted by atomic mass is 32.1. The molecular formula is C15H14F3NOS. The van der Waals surface area contributed by atoms with E-state index in [4.69, 9.17) is 5.73 Å². The van der Waals surface area contributed by atoms with Crippen molar-refractivity contribution in [2.24, 2.45) is 5.73 Å². The van der Waals surface area contributed by atoms with Gasteiger partial charge in [0.05, 0.1) is 6.04 Å². The number of rotatable bonds is 3. The number of nitrogens with two attached hydrogens (primary N) is 1. The van der Waals surface area contributed by atoms with Crippen LogP contribution in [0.25, 0.3) is 0 Å². The molecule has 6 heteroatoms. The van der Waals surface area contributed by atoms with Crippen LogP contribution in [0.15, 0.2) is 30.3 Å². The zero-order valence-corrected chi connectivity index (χ0v) is 11.9. The molecule has 2 nitrogen and oxygen atoms in total. The van der Waals surface area contributed by atoms with Crippen molar-refractivity contribution in [1.29, 1.82) is 0 Å². The van der Waals surface area contributed by atoms with Crippen LogP contribution in [0.1, 0.15) is 33.3 Å². The number of fused-ring (bicyclic) bond motifs is 1. The number of hydrogen-bond donors (Lipinski definition) is 1. The van der Waals surface area contributed by atoms with Crippen LogP contribution in [-0.4, -0.2) is 6.36 Å². The van der Waals surface area contributed by atoms with Gasteiger partial charge in [0.15, 0.2) is 0 Å². The number of aryl methyl sites for hydroxylation is 2. The topological polar surface area (TPSA) is 35.2 Å². The molecule has 1 aliphatic rings. The van der Waals surface area contributed by atoms with E-state index in [-0.39, 0.29) is 5.75 Å². The van der Waals surface area contributed by atoms with Crippen LogP contribution in [0.2, 0.25) is 0 Å². The second-order valence-electron chi connectivity index (χ2n) is 5.05. The van der Waals surface area contributed by atoms with E-state index < -0.39 is 12.4 Å². The van der Waals surface area contributed by atoms with E-state index in [2.05, 4.69) is 10.8 Å². The summed E-state index contributed by atoms with van der Waals surface area (Å²) in [4.78, 5) is 2.34. The number of hydrogen-bond acceptors (Lipinski definition) is 3. The molecule has 21 heavy (non-hydrogen) atoms. The summed E-state index contributed by atoms with van der Waals surface area (Å²) >= 11 is 1.66. The summed E-state index contributed by atoms with van der Waals surface area (Å²) in [5, 5.41) is 0. The van der Waals surface area contributed by atoms with E-state index in [1.54, 1.807) is 17.4 Å². The Morgan fingerprint density at radius 1 is 1.19 bits per heavy atom. The van der Waals surface area contributed by atoms with Gasteiger partial charge in [-0.2, -0.15) is 0 Å². The normalized spacial score (nSPS) is 15.8. The minimum Gasteiger partial charge on any atom is -0.406 e. The summed E-state index contributed by atoms with van der Waals surface area (Å²) in [6.45, 7) is 0. The lowest BCUT2D eigenvalue weighted by atomic mass is 10.1. The van der Waals surface area contributed by atoms with E-state index >= 15 is 0 Å². The number of ether oxygens (including phenoxy) is 1. The maximum absolute atomic E-state index is 12.3. The molecule has 1 aromatic heterocycles.